The maximum absolute atomic E-state index is 12.3. The van der Waals surface area contributed by atoms with Crippen molar-refractivity contribution >= 4 is 28.8 Å². The van der Waals surface area contributed by atoms with Crippen molar-refractivity contribution in [1.29, 1.82) is 0 Å². The molecule has 1 aromatic rings. The lowest BCUT2D eigenvalue weighted by Crippen LogP contribution is -2.33. The average Bonchev–Trinajstić information content (AvgIpc) is 2.44. The van der Waals surface area contributed by atoms with E-state index in [1.807, 2.05) is 37.3 Å². The van der Waals surface area contributed by atoms with Crippen molar-refractivity contribution in [3.05, 3.63) is 30.3 Å². The summed E-state index contributed by atoms with van der Waals surface area (Å²) in [5, 5.41) is 0. The van der Waals surface area contributed by atoms with Crippen LogP contribution in [0.1, 0.15) is 26.2 Å². The van der Waals surface area contributed by atoms with Gasteiger partial charge in [-0.05, 0) is 25.5 Å². The number of benzene rings is 1. The van der Waals surface area contributed by atoms with E-state index in [0.29, 0.717) is 37.6 Å². The van der Waals surface area contributed by atoms with Crippen LogP contribution in [0.25, 0.3) is 0 Å². The Labute approximate surface area is 125 Å². The van der Waals surface area contributed by atoms with Gasteiger partial charge in [0.1, 0.15) is 0 Å². The topological polar surface area (TPSA) is 55.6 Å². The summed E-state index contributed by atoms with van der Waals surface area (Å²) in [4.78, 5) is 14.5. The third-order valence-corrected chi connectivity index (χ3v) is 3.04. The summed E-state index contributed by atoms with van der Waals surface area (Å²) in [6, 6.07) is 9.59. The Hall–Kier alpha value is -1.46. The standard InChI is InChI=1S/C15H22N2O2S/c1-2-19-12-6-9-15(18)17(11-10-14(16)20)13-7-4-3-5-8-13/h3-5,7-8H,2,6,9-12H2,1H3,(H2,16,20). The number of para-hydroxylation sites is 1. The molecule has 1 amide bonds. The van der Waals surface area contributed by atoms with E-state index in [4.69, 9.17) is 22.7 Å². The molecule has 0 fully saturated rings. The molecule has 0 radical (unpaired) electrons. The van der Waals surface area contributed by atoms with E-state index in [-0.39, 0.29) is 5.91 Å². The molecule has 4 nitrogen and oxygen atoms in total. The van der Waals surface area contributed by atoms with Gasteiger partial charge >= 0.3 is 0 Å². The van der Waals surface area contributed by atoms with Gasteiger partial charge in [0.25, 0.3) is 0 Å². The summed E-state index contributed by atoms with van der Waals surface area (Å²) in [5.74, 6) is 0.0761. The smallest absolute Gasteiger partial charge is 0.227 e. The van der Waals surface area contributed by atoms with Gasteiger partial charge in [-0.25, -0.2) is 0 Å². The molecule has 1 aromatic carbocycles. The lowest BCUT2D eigenvalue weighted by atomic mass is 10.2. The van der Waals surface area contributed by atoms with Crippen molar-refractivity contribution in [2.24, 2.45) is 5.73 Å². The van der Waals surface area contributed by atoms with Crippen LogP contribution in [-0.4, -0.2) is 30.7 Å². The van der Waals surface area contributed by atoms with Crippen molar-refractivity contribution < 1.29 is 9.53 Å². The van der Waals surface area contributed by atoms with Crippen LogP contribution < -0.4 is 10.6 Å². The van der Waals surface area contributed by atoms with Crippen molar-refractivity contribution in [2.45, 2.75) is 26.2 Å². The molecule has 0 bridgehead atoms. The third-order valence-electron chi connectivity index (χ3n) is 2.83. The van der Waals surface area contributed by atoms with E-state index in [0.717, 1.165) is 12.1 Å². The zero-order chi connectivity index (χ0) is 14.8. The Morgan fingerprint density at radius 1 is 1.30 bits per heavy atom. The molecule has 0 unspecified atom stereocenters. The van der Waals surface area contributed by atoms with Crippen molar-refractivity contribution in [1.82, 2.24) is 0 Å². The van der Waals surface area contributed by atoms with Gasteiger partial charge in [-0.2, -0.15) is 0 Å². The first-order valence-electron chi connectivity index (χ1n) is 6.86. The van der Waals surface area contributed by atoms with Crippen LogP contribution >= 0.6 is 12.2 Å². The van der Waals surface area contributed by atoms with Crippen LogP contribution in [0, 0.1) is 0 Å². The second-order valence-electron chi connectivity index (χ2n) is 4.40. The van der Waals surface area contributed by atoms with Gasteiger partial charge in [-0.3, -0.25) is 4.79 Å². The predicted octanol–water partition coefficient (Wildman–Crippen LogP) is 2.51. The molecule has 0 spiro atoms. The second-order valence-corrected chi connectivity index (χ2v) is 4.92. The second kappa shape index (κ2) is 9.44. The number of hydrogen-bond donors (Lipinski definition) is 1. The minimum Gasteiger partial charge on any atom is -0.393 e. The Kier molecular flexibility index (Phi) is 7.84. The van der Waals surface area contributed by atoms with Crippen molar-refractivity contribution in [3.8, 4) is 0 Å². The van der Waals surface area contributed by atoms with Crippen LogP contribution in [0.5, 0.6) is 0 Å². The number of carbonyl (C=O) groups excluding carboxylic acids is 1. The fraction of sp³-hybridized carbons (Fsp3) is 0.467. The Balaban J connectivity index is 2.62. The quantitative estimate of drug-likeness (QED) is 0.561. The summed E-state index contributed by atoms with van der Waals surface area (Å²) in [6.45, 7) is 3.76. The average molecular weight is 294 g/mol. The molecule has 0 aromatic heterocycles. The van der Waals surface area contributed by atoms with E-state index < -0.39 is 0 Å². The molecule has 110 valence electrons. The molecule has 0 heterocycles. The normalized spacial score (nSPS) is 10.2. The zero-order valence-corrected chi connectivity index (χ0v) is 12.7. The van der Waals surface area contributed by atoms with E-state index in [1.54, 1.807) is 4.90 Å². The number of nitrogens with zero attached hydrogens (tertiary/aromatic N) is 1. The molecular formula is C15H22N2O2S. The number of hydrogen-bond acceptors (Lipinski definition) is 3. The minimum absolute atomic E-state index is 0.0761. The predicted molar refractivity (Wildman–Crippen MR) is 85.9 cm³/mol. The maximum atomic E-state index is 12.3. The highest BCUT2D eigenvalue weighted by atomic mass is 32.1. The fourth-order valence-corrected chi connectivity index (χ4v) is 1.92. The van der Waals surface area contributed by atoms with Gasteiger partial charge in [0.15, 0.2) is 0 Å². The maximum Gasteiger partial charge on any atom is 0.227 e. The number of rotatable bonds is 9. The van der Waals surface area contributed by atoms with E-state index >= 15 is 0 Å². The Bertz CT molecular complexity index is 423. The Morgan fingerprint density at radius 2 is 2.00 bits per heavy atom. The number of amides is 1. The molecule has 1 rings (SSSR count). The molecule has 0 aliphatic heterocycles. The highest BCUT2D eigenvalue weighted by Crippen LogP contribution is 2.15. The van der Waals surface area contributed by atoms with Gasteiger partial charge in [-0.15, -0.1) is 0 Å². The highest BCUT2D eigenvalue weighted by Gasteiger charge is 2.15. The molecule has 0 atom stereocenters. The van der Waals surface area contributed by atoms with E-state index in [1.165, 1.54) is 0 Å². The molecular weight excluding hydrogens is 272 g/mol. The van der Waals surface area contributed by atoms with Crippen LogP contribution in [0.4, 0.5) is 5.69 Å². The van der Waals surface area contributed by atoms with E-state index in [9.17, 15) is 4.79 Å². The van der Waals surface area contributed by atoms with Gasteiger partial charge in [0, 0.05) is 38.3 Å². The third kappa shape index (κ3) is 6.12. The van der Waals surface area contributed by atoms with Gasteiger partial charge in [-0.1, -0.05) is 30.4 Å². The monoisotopic (exact) mass is 294 g/mol. The lowest BCUT2D eigenvalue weighted by molar-refractivity contribution is -0.118. The number of nitrogens with two attached hydrogens (primary N) is 1. The van der Waals surface area contributed by atoms with Crippen LogP contribution in [0.2, 0.25) is 0 Å². The fourth-order valence-electron chi connectivity index (χ4n) is 1.83. The summed E-state index contributed by atoms with van der Waals surface area (Å²) < 4.78 is 5.26. The number of ether oxygens (including phenoxy) is 1. The first-order valence-corrected chi connectivity index (χ1v) is 7.27. The van der Waals surface area contributed by atoms with Crippen LogP contribution in [0.15, 0.2) is 30.3 Å². The SMILES string of the molecule is CCOCCCC(=O)N(CCC(N)=S)c1ccccc1. The van der Waals surface area contributed by atoms with Gasteiger partial charge in [0.05, 0.1) is 4.99 Å². The van der Waals surface area contributed by atoms with Gasteiger partial charge < -0.3 is 15.4 Å². The number of carbonyl (C=O) groups is 1. The first-order chi connectivity index (χ1) is 9.65. The Morgan fingerprint density at radius 3 is 2.60 bits per heavy atom. The molecule has 0 aliphatic carbocycles. The molecule has 20 heavy (non-hydrogen) atoms. The lowest BCUT2D eigenvalue weighted by Gasteiger charge is -2.22. The highest BCUT2D eigenvalue weighted by molar-refractivity contribution is 7.80. The summed E-state index contributed by atoms with van der Waals surface area (Å²) in [5.41, 5.74) is 6.41. The number of thiocarbonyl (C=S) groups is 1. The van der Waals surface area contributed by atoms with Crippen molar-refractivity contribution in [2.75, 3.05) is 24.7 Å². The van der Waals surface area contributed by atoms with E-state index in [2.05, 4.69) is 0 Å². The number of anilines is 1. The minimum atomic E-state index is 0.0761. The van der Waals surface area contributed by atoms with Crippen LogP contribution in [0.3, 0.4) is 0 Å². The summed E-state index contributed by atoms with van der Waals surface area (Å²) >= 11 is 4.89. The zero-order valence-electron chi connectivity index (χ0n) is 11.9. The first kappa shape index (κ1) is 16.6. The van der Waals surface area contributed by atoms with Crippen molar-refractivity contribution in [3.63, 3.8) is 0 Å². The molecule has 0 saturated heterocycles. The van der Waals surface area contributed by atoms with Gasteiger partial charge in [0.2, 0.25) is 5.91 Å². The molecule has 5 heteroatoms. The molecule has 2 N–H and O–H groups in total. The summed E-state index contributed by atoms with van der Waals surface area (Å²) in [6.07, 6.45) is 1.72. The largest absolute Gasteiger partial charge is 0.393 e. The van der Waals surface area contributed by atoms with Crippen LogP contribution in [-0.2, 0) is 9.53 Å². The molecule has 0 aliphatic rings. The summed E-state index contributed by atoms with van der Waals surface area (Å²) in [7, 11) is 0. The molecule has 0 saturated carbocycles.